The first-order valence-corrected chi connectivity index (χ1v) is 5.54. The fraction of sp³-hybridized carbons (Fsp3) is 0.462. The maximum absolute atomic E-state index is 12.1. The molecule has 1 rings (SSSR count). The number of nitrogens with one attached hydrogen (secondary N) is 1. The predicted molar refractivity (Wildman–Crippen MR) is 67.0 cm³/mol. The van der Waals surface area contributed by atoms with Gasteiger partial charge in [-0.2, -0.15) is 0 Å². The fourth-order valence-corrected chi connectivity index (χ4v) is 1.63. The molecule has 1 aromatic rings. The van der Waals surface area contributed by atoms with Crippen molar-refractivity contribution in [1.29, 1.82) is 0 Å². The van der Waals surface area contributed by atoms with E-state index in [-0.39, 0.29) is 11.7 Å². The molecule has 1 atom stereocenters. The van der Waals surface area contributed by atoms with Gasteiger partial charge in [0.05, 0.1) is 14.2 Å². The van der Waals surface area contributed by atoms with E-state index in [9.17, 15) is 4.79 Å². The molecule has 0 aliphatic rings. The lowest BCUT2D eigenvalue weighted by molar-refractivity contribution is 0.0929. The van der Waals surface area contributed by atoms with Crippen LogP contribution in [0, 0.1) is 5.92 Å². The normalized spacial score (nSPS) is 12.0. The molecule has 0 bridgehead atoms. The summed E-state index contributed by atoms with van der Waals surface area (Å²) in [5.41, 5.74) is 0.615. The van der Waals surface area contributed by atoms with Gasteiger partial charge in [0, 0.05) is 24.1 Å². The SMILES string of the molecule is CNCC(C)C(=O)c1cc(OC)cc(OC)c1. The van der Waals surface area contributed by atoms with E-state index in [2.05, 4.69) is 5.32 Å². The third kappa shape index (κ3) is 3.46. The largest absolute Gasteiger partial charge is 0.497 e. The van der Waals surface area contributed by atoms with Gasteiger partial charge in [0.1, 0.15) is 11.5 Å². The monoisotopic (exact) mass is 237 g/mol. The molecular weight excluding hydrogens is 218 g/mol. The molecule has 1 aromatic carbocycles. The summed E-state index contributed by atoms with van der Waals surface area (Å²) in [5.74, 6) is 1.27. The third-order valence-electron chi connectivity index (χ3n) is 2.59. The number of hydrogen-bond acceptors (Lipinski definition) is 4. The zero-order valence-corrected chi connectivity index (χ0v) is 10.7. The Morgan fingerprint density at radius 1 is 1.24 bits per heavy atom. The van der Waals surface area contributed by atoms with Gasteiger partial charge in [-0.05, 0) is 19.2 Å². The molecule has 17 heavy (non-hydrogen) atoms. The molecule has 1 unspecified atom stereocenters. The van der Waals surface area contributed by atoms with Crippen LogP contribution in [0.15, 0.2) is 18.2 Å². The molecule has 4 nitrogen and oxygen atoms in total. The highest BCUT2D eigenvalue weighted by molar-refractivity contribution is 5.98. The molecule has 0 aliphatic heterocycles. The quantitative estimate of drug-likeness (QED) is 0.766. The van der Waals surface area contributed by atoms with E-state index in [1.807, 2.05) is 14.0 Å². The minimum absolute atomic E-state index is 0.0724. The summed E-state index contributed by atoms with van der Waals surface area (Å²) in [6.07, 6.45) is 0. The van der Waals surface area contributed by atoms with Gasteiger partial charge in [-0.25, -0.2) is 0 Å². The second-order valence-corrected chi connectivity index (χ2v) is 3.92. The molecule has 1 N–H and O–H groups in total. The number of methoxy groups -OCH3 is 2. The van der Waals surface area contributed by atoms with Crippen LogP contribution in [0.5, 0.6) is 11.5 Å². The number of carbonyl (C=O) groups is 1. The molecule has 0 radical (unpaired) electrons. The Morgan fingerprint density at radius 3 is 2.18 bits per heavy atom. The first-order chi connectivity index (χ1) is 8.12. The Bertz CT molecular complexity index is 368. The van der Waals surface area contributed by atoms with E-state index in [4.69, 9.17) is 9.47 Å². The van der Waals surface area contributed by atoms with Crippen LogP contribution >= 0.6 is 0 Å². The topological polar surface area (TPSA) is 47.6 Å². The predicted octanol–water partition coefficient (Wildman–Crippen LogP) is 1.74. The zero-order valence-electron chi connectivity index (χ0n) is 10.7. The Balaban J connectivity index is 2.99. The lowest BCUT2D eigenvalue weighted by Gasteiger charge is -2.12. The molecule has 0 fully saturated rings. The first kappa shape index (κ1) is 13.5. The Labute approximate surface area is 102 Å². The number of carbonyl (C=O) groups excluding carboxylic acids is 1. The number of Topliss-reactive ketones (excluding diaryl/α,β-unsaturated/α-hetero) is 1. The lowest BCUT2D eigenvalue weighted by Crippen LogP contribution is -2.23. The minimum Gasteiger partial charge on any atom is -0.497 e. The summed E-state index contributed by atoms with van der Waals surface area (Å²) in [4.78, 5) is 12.1. The summed E-state index contributed by atoms with van der Waals surface area (Å²) in [6, 6.07) is 5.22. The molecule has 0 saturated carbocycles. The number of ether oxygens (including phenoxy) is 2. The molecule has 4 heteroatoms. The smallest absolute Gasteiger partial charge is 0.167 e. The van der Waals surface area contributed by atoms with Gasteiger partial charge in [0.2, 0.25) is 0 Å². The molecule has 0 saturated heterocycles. The molecule has 0 heterocycles. The lowest BCUT2D eigenvalue weighted by atomic mass is 9.99. The second kappa shape index (κ2) is 6.25. The van der Waals surface area contributed by atoms with Crippen molar-refractivity contribution in [2.75, 3.05) is 27.8 Å². The van der Waals surface area contributed by atoms with Crippen LogP contribution in [-0.4, -0.2) is 33.6 Å². The summed E-state index contributed by atoms with van der Waals surface area (Å²) in [6.45, 7) is 2.54. The average molecular weight is 237 g/mol. The second-order valence-electron chi connectivity index (χ2n) is 3.92. The maximum atomic E-state index is 12.1. The van der Waals surface area contributed by atoms with Gasteiger partial charge in [-0.1, -0.05) is 6.92 Å². The molecule has 0 spiro atoms. The van der Waals surface area contributed by atoms with E-state index >= 15 is 0 Å². The molecule has 94 valence electrons. The highest BCUT2D eigenvalue weighted by atomic mass is 16.5. The average Bonchev–Trinajstić information content (AvgIpc) is 2.37. The van der Waals surface area contributed by atoms with Crippen LogP contribution in [0.3, 0.4) is 0 Å². The van der Waals surface area contributed by atoms with Crippen molar-refractivity contribution in [2.45, 2.75) is 6.92 Å². The van der Waals surface area contributed by atoms with Crippen molar-refractivity contribution in [1.82, 2.24) is 5.32 Å². The number of ketones is 1. The highest BCUT2D eigenvalue weighted by Gasteiger charge is 2.16. The van der Waals surface area contributed by atoms with Crippen LogP contribution in [0.1, 0.15) is 17.3 Å². The van der Waals surface area contributed by atoms with Crippen LogP contribution in [-0.2, 0) is 0 Å². The number of benzene rings is 1. The number of rotatable bonds is 6. The summed E-state index contributed by atoms with van der Waals surface area (Å²) in [7, 11) is 4.97. The molecule has 0 aliphatic carbocycles. The van der Waals surface area contributed by atoms with E-state index in [1.54, 1.807) is 32.4 Å². The van der Waals surface area contributed by atoms with E-state index in [0.29, 0.717) is 23.6 Å². The zero-order chi connectivity index (χ0) is 12.8. The fourth-order valence-electron chi connectivity index (χ4n) is 1.63. The standard InChI is InChI=1S/C13H19NO3/c1-9(8-14-2)13(15)10-5-11(16-3)7-12(6-10)17-4/h5-7,9,14H,8H2,1-4H3. The van der Waals surface area contributed by atoms with Crippen molar-refractivity contribution in [3.05, 3.63) is 23.8 Å². The third-order valence-corrected chi connectivity index (χ3v) is 2.59. The Morgan fingerprint density at radius 2 is 1.76 bits per heavy atom. The van der Waals surface area contributed by atoms with Crippen LogP contribution in [0.4, 0.5) is 0 Å². The maximum Gasteiger partial charge on any atom is 0.167 e. The Kier molecular flexibility index (Phi) is 4.97. The van der Waals surface area contributed by atoms with Crippen molar-refractivity contribution in [2.24, 2.45) is 5.92 Å². The van der Waals surface area contributed by atoms with Crippen molar-refractivity contribution < 1.29 is 14.3 Å². The molecular formula is C13H19NO3. The van der Waals surface area contributed by atoms with Gasteiger partial charge >= 0.3 is 0 Å². The highest BCUT2D eigenvalue weighted by Crippen LogP contribution is 2.24. The van der Waals surface area contributed by atoms with Crippen molar-refractivity contribution in [3.8, 4) is 11.5 Å². The minimum atomic E-state index is -0.0724. The van der Waals surface area contributed by atoms with Crippen LogP contribution < -0.4 is 14.8 Å². The van der Waals surface area contributed by atoms with Gasteiger partial charge in [-0.3, -0.25) is 4.79 Å². The molecule has 0 aromatic heterocycles. The van der Waals surface area contributed by atoms with Gasteiger partial charge in [0.25, 0.3) is 0 Å². The van der Waals surface area contributed by atoms with Crippen molar-refractivity contribution in [3.63, 3.8) is 0 Å². The van der Waals surface area contributed by atoms with Crippen LogP contribution in [0.2, 0.25) is 0 Å². The van der Waals surface area contributed by atoms with Gasteiger partial charge in [-0.15, -0.1) is 0 Å². The summed E-state index contributed by atoms with van der Waals surface area (Å²) < 4.78 is 10.3. The van der Waals surface area contributed by atoms with Gasteiger partial charge in [0.15, 0.2) is 5.78 Å². The number of hydrogen-bond donors (Lipinski definition) is 1. The Hall–Kier alpha value is -1.55. The van der Waals surface area contributed by atoms with E-state index in [1.165, 1.54) is 0 Å². The molecule has 0 amide bonds. The van der Waals surface area contributed by atoms with E-state index < -0.39 is 0 Å². The first-order valence-electron chi connectivity index (χ1n) is 5.54. The summed E-state index contributed by atoms with van der Waals surface area (Å²) in [5, 5.41) is 2.99. The van der Waals surface area contributed by atoms with Gasteiger partial charge < -0.3 is 14.8 Å². The summed E-state index contributed by atoms with van der Waals surface area (Å²) >= 11 is 0. The van der Waals surface area contributed by atoms with Crippen molar-refractivity contribution >= 4 is 5.78 Å². The van der Waals surface area contributed by atoms with Crippen LogP contribution in [0.25, 0.3) is 0 Å². The van der Waals surface area contributed by atoms with E-state index in [0.717, 1.165) is 0 Å².